The third-order valence-electron chi connectivity index (χ3n) is 4.05. The van der Waals surface area contributed by atoms with Crippen LogP contribution in [0.15, 0.2) is 95.3 Å². The number of fused-ring (bicyclic) bond motifs is 1. The fourth-order valence-electron chi connectivity index (χ4n) is 2.77. The van der Waals surface area contributed by atoms with Crippen molar-refractivity contribution in [3.63, 3.8) is 0 Å². The molecule has 122 valence electrons. The molecule has 0 spiro atoms. The molecule has 0 fully saturated rings. The molecule has 0 radical (unpaired) electrons. The quantitative estimate of drug-likeness (QED) is 0.422. The number of anilines is 1. The maximum absolute atomic E-state index is 4.39. The first-order valence-electron chi connectivity index (χ1n) is 8.25. The molecular weight excluding hydrogens is 308 g/mol. The summed E-state index contributed by atoms with van der Waals surface area (Å²) in [7, 11) is 0. The Hall–Kier alpha value is -3.40. The van der Waals surface area contributed by atoms with E-state index in [0.29, 0.717) is 0 Å². The molecule has 2 N–H and O–H groups in total. The third kappa shape index (κ3) is 3.43. The number of hydrogen-bond acceptors (Lipinski definition) is 3. The second-order valence-electron chi connectivity index (χ2n) is 5.78. The molecule has 4 nitrogen and oxygen atoms in total. The summed E-state index contributed by atoms with van der Waals surface area (Å²) in [6, 6.07) is 26.3. The molecule has 25 heavy (non-hydrogen) atoms. The zero-order chi connectivity index (χ0) is 16.9. The summed E-state index contributed by atoms with van der Waals surface area (Å²) < 4.78 is 0. The molecule has 0 unspecified atom stereocenters. The first kappa shape index (κ1) is 15.1. The van der Waals surface area contributed by atoms with Crippen LogP contribution in [-0.2, 0) is 6.54 Å². The molecule has 0 amide bonds. The van der Waals surface area contributed by atoms with E-state index in [4.69, 9.17) is 0 Å². The Bertz CT molecular complexity index is 988. The number of aromatic nitrogens is 1. The van der Waals surface area contributed by atoms with Crippen molar-refractivity contribution in [1.82, 2.24) is 4.98 Å². The van der Waals surface area contributed by atoms with Gasteiger partial charge in [-0.05, 0) is 23.8 Å². The number of azo groups is 1. The van der Waals surface area contributed by atoms with Crippen molar-refractivity contribution in [3.8, 4) is 0 Å². The van der Waals surface area contributed by atoms with Crippen LogP contribution in [0.5, 0.6) is 0 Å². The van der Waals surface area contributed by atoms with Crippen molar-refractivity contribution in [3.05, 3.63) is 90.6 Å². The fourth-order valence-corrected chi connectivity index (χ4v) is 2.77. The smallest absolute Gasteiger partial charge is 0.111 e. The molecule has 0 aliphatic carbocycles. The first-order chi connectivity index (χ1) is 12.4. The van der Waals surface area contributed by atoms with E-state index in [1.54, 1.807) is 0 Å². The van der Waals surface area contributed by atoms with Gasteiger partial charge in [-0.25, -0.2) is 0 Å². The van der Waals surface area contributed by atoms with E-state index in [1.165, 1.54) is 5.56 Å². The Morgan fingerprint density at radius 3 is 2.32 bits per heavy atom. The Labute approximate surface area is 146 Å². The lowest BCUT2D eigenvalue weighted by molar-refractivity contribution is 1.15. The van der Waals surface area contributed by atoms with Gasteiger partial charge in [0.15, 0.2) is 0 Å². The molecule has 0 atom stereocenters. The van der Waals surface area contributed by atoms with Crippen LogP contribution in [0.25, 0.3) is 10.9 Å². The van der Waals surface area contributed by atoms with Crippen LogP contribution in [0.4, 0.5) is 17.1 Å². The van der Waals surface area contributed by atoms with Gasteiger partial charge in [0.25, 0.3) is 0 Å². The summed E-state index contributed by atoms with van der Waals surface area (Å²) in [5, 5.41) is 13.2. The standard InChI is InChI=1S/C21H18N4/c1-3-8-16(9-4-1)14-22-19-13-7-12-18-20(15-23-21(18)19)25-24-17-10-5-2-6-11-17/h1-13,15,22-23H,14H2/b25-24+. The summed E-state index contributed by atoms with van der Waals surface area (Å²) in [6.07, 6.45) is 1.89. The van der Waals surface area contributed by atoms with E-state index < -0.39 is 0 Å². The van der Waals surface area contributed by atoms with Gasteiger partial charge in [-0.2, -0.15) is 5.11 Å². The molecule has 0 aliphatic heterocycles. The Morgan fingerprint density at radius 2 is 1.52 bits per heavy atom. The molecular formula is C21H18N4. The van der Waals surface area contributed by atoms with Gasteiger partial charge < -0.3 is 10.3 Å². The van der Waals surface area contributed by atoms with E-state index in [1.807, 2.05) is 60.8 Å². The summed E-state index contributed by atoms with van der Waals surface area (Å²) in [5.41, 5.74) is 5.02. The first-order valence-corrected chi connectivity index (χ1v) is 8.25. The topological polar surface area (TPSA) is 52.5 Å². The molecule has 4 rings (SSSR count). The highest BCUT2D eigenvalue weighted by atomic mass is 15.1. The van der Waals surface area contributed by atoms with Crippen LogP contribution in [-0.4, -0.2) is 4.98 Å². The molecule has 1 heterocycles. The van der Waals surface area contributed by atoms with Gasteiger partial charge in [0.1, 0.15) is 5.69 Å². The number of aromatic amines is 1. The highest BCUT2D eigenvalue weighted by Gasteiger charge is 2.07. The normalized spacial score (nSPS) is 11.2. The van der Waals surface area contributed by atoms with E-state index in [-0.39, 0.29) is 0 Å². The Morgan fingerprint density at radius 1 is 0.760 bits per heavy atom. The van der Waals surface area contributed by atoms with Crippen molar-refractivity contribution < 1.29 is 0 Å². The molecule has 4 aromatic rings. The van der Waals surface area contributed by atoms with Gasteiger partial charge in [0.05, 0.1) is 16.9 Å². The van der Waals surface area contributed by atoms with Gasteiger partial charge in [-0.1, -0.05) is 60.7 Å². The predicted octanol–water partition coefficient (Wildman–Crippen LogP) is 6.20. The largest absolute Gasteiger partial charge is 0.379 e. The zero-order valence-electron chi connectivity index (χ0n) is 13.7. The number of hydrogen-bond donors (Lipinski definition) is 2. The molecule has 1 aromatic heterocycles. The minimum Gasteiger partial charge on any atom is -0.379 e. The van der Waals surface area contributed by atoms with Crippen LogP contribution < -0.4 is 5.32 Å². The van der Waals surface area contributed by atoms with Gasteiger partial charge in [0.2, 0.25) is 0 Å². The third-order valence-corrected chi connectivity index (χ3v) is 4.05. The maximum Gasteiger partial charge on any atom is 0.111 e. The second kappa shape index (κ2) is 7.01. The van der Waals surface area contributed by atoms with Crippen LogP contribution in [0.2, 0.25) is 0 Å². The lowest BCUT2D eigenvalue weighted by Crippen LogP contribution is -1.99. The van der Waals surface area contributed by atoms with Gasteiger partial charge >= 0.3 is 0 Å². The van der Waals surface area contributed by atoms with E-state index >= 15 is 0 Å². The monoisotopic (exact) mass is 326 g/mol. The summed E-state index contributed by atoms with van der Waals surface area (Å²) >= 11 is 0. The molecule has 4 heteroatoms. The number of H-pyrrole nitrogens is 1. The lowest BCUT2D eigenvalue weighted by atomic mass is 10.2. The average Bonchev–Trinajstić information content (AvgIpc) is 3.10. The van der Waals surface area contributed by atoms with Crippen molar-refractivity contribution in [2.45, 2.75) is 6.54 Å². The van der Waals surface area contributed by atoms with Gasteiger partial charge in [0, 0.05) is 18.1 Å². The summed E-state index contributed by atoms with van der Waals surface area (Å²) in [5.74, 6) is 0. The Kier molecular flexibility index (Phi) is 4.25. The molecule has 0 saturated carbocycles. The van der Waals surface area contributed by atoms with Crippen molar-refractivity contribution in [2.24, 2.45) is 10.2 Å². The number of benzene rings is 3. The van der Waals surface area contributed by atoms with Crippen molar-refractivity contribution >= 4 is 28.0 Å². The number of rotatable bonds is 5. The SMILES string of the molecule is c1ccc(CNc2cccc3c(/N=N/c4ccccc4)c[nH]c23)cc1. The van der Waals surface area contributed by atoms with Gasteiger partial charge in [-0.15, -0.1) is 5.11 Å². The highest BCUT2D eigenvalue weighted by molar-refractivity contribution is 5.98. The van der Waals surface area contributed by atoms with E-state index in [9.17, 15) is 0 Å². The van der Waals surface area contributed by atoms with E-state index in [0.717, 1.165) is 34.5 Å². The second-order valence-corrected chi connectivity index (χ2v) is 5.78. The molecule has 0 aliphatic rings. The molecule has 0 saturated heterocycles. The number of nitrogens with one attached hydrogen (secondary N) is 2. The van der Waals surface area contributed by atoms with Crippen LogP contribution in [0.1, 0.15) is 5.56 Å². The molecule has 0 bridgehead atoms. The summed E-state index contributed by atoms with van der Waals surface area (Å²) in [6.45, 7) is 0.778. The Balaban J connectivity index is 1.58. The predicted molar refractivity (Wildman–Crippen MR) is 103 cm³/mol. The van der Waals surface area contributed by atoms with Crippen molar-refractivity contribution in [2.75, 3.05) is 5.32 Å². The molecule has 3 aromatic carbocycles. The van der Waals surface area contributed by atoms with Crippen molar-refractivity contribution in [1.29, 1.82) is 0 Å². The minimum absolute atomic E-state index is 0.778. The zero-order valence-corrected chi connectivity index (χ0v) is 13.7. The minimum atomic E-state index is 0.778. The number of para-hydroxylation sites is 1. The van der Waals surface area contributed by atoms with E-state index in [2.05, 4.69) is 44.8 Å². The average molecular weight is 326 g/mol. The lowest BCUT2D eigenvalue weighted by Gasteiger charge is -2.07. The number of nitrogens with zero attached hydrogens (tertiary/aromatic N) is 2. The van der Waals surface area contributed by atoms with Crippen LogP contribution >= 0.6 is 0 Å². The van der Waals surface area contributed by atoms with Crippen LogP contribution in [0.3, 0.4) is 0 Å². The fraction of sp³-hybridized carbons (Fsp3) is 0.0476. The van der Waals surface area contributed by atoms with Gasteiger partial charge in [-0.3, -0.25) is 0 Å². The maximum atomic E-state index is 4.39. The summed E-state index contributed by atoms with van der Waals surface area (Å²) in [4.78, 5) is 3.31. The van der Waals surface area contributed by atoms with Crippen LogP contribution in [0, 0.1) is 0 Å². The highest BCUT2D eigenvalue weighted by Crippen LogP contribution is 2.32.